The SMILES string of the molecule is CCCC(Br)Cc1ccc2c(c1)CC(C)N2C(=O)COC. The molecule has 0 N–H and O–H groups in total. The third kappa shape index (κ3) is 3.86. The maximum Gasteiger partial charge on any atom is 0.253 e. The van der Waals surface area contributed by atoms with E-state index < -0.39 is 0 Å². The number of hydrogen-bond donors (Lipinski definition) is 0. The Morgan fingerprint density at radius 3 is 2.95 bits per heavy atom. The van der Waals surface area contributed by atoms with Gasteiger partial charge >= 0.3 is 0 Å². The number of benzene rings is 1. The standard InChI is InChI=1S/C17H24BrNO2/c1-4-5-15(18)10-13-6-7-16-14(9-13)8-12(2)19(16)17(20)11-21-3/h6-7,9,12,15H,4-5,8,10-11H2,1-3H3. The number of methoxy groups -OCH3 is 1. The lowest BCUT2D eigenvalue weighted by atomic mass is 10.0. The van der Waals surface area contributed by atoms with Crippen molar-refractivity contribution in [3.63, 3.8) is 0 Å². The lowest BCUT2D eigenvalue weighted by Gasteiger charge is -2.22. The van der Waals surface area contributed by atoms with E-state index in [-0.39, 0.29) is 18.6 Å². The molecule has 0 fully saturated rings. The Morgan fingerprint density at radius 2 is 2.29 bits per heavy atom. The molecule has 1 aliphatic rings. The fraction of sp³-hybridized carbons (Fsp3) is 0.588. The number of rotatable bonds is 6. The van der Waals surface area contributed by atoms with E-state index in [9.17, 15) is 4.79 Å². The lowest BCUT2D eigenvalue weighted by molar-refractivity contribution is -0.122. The van der Waals surface area contributed by atoms with Crippen LogP contribution in [-0.2, 0) is 22.4 Å². The van der Waals surface area contributed by atoms with Gasteiger partial charge in [0.25, 0.3) is 5.91 Å². The summed E-state index contributed by atoms with van der Waals surface area (Å²) in [7, 11) is 1.56. The molecule has 21 heavy (non-hydrogen) atoms. The first kappa shape index (κ1) is 16.5. The van der Waals surface area contributed by atoms with Crippen molar-refractivity contribution in [3.05, 3.63) is 29.3 Å². The number of halogens is 1. The number of anilines is 1. The highest BCUT2D eigenvalue weighted by Gasteiger charge is 2.30. The van der Waals surface area contributed by atoms with Crippen LogP contribution in [0.2, 0.25) is 0 Å². The van der Waals surface area contributed by atoms with Crippen molar-refractivity contribution in [3.8, 4) is 0 Å². The van der Waals surface area contributed by atoms with Crippen LogP contribution in [0.5, 0.6) is 0 Å². The first-order valence-electron chi connectivity index (χ1n) is 7.63. The van der Waals surface area contributed by atoms with Gasteiger partial charge in [0.15, 0.2) is 0 Å². The van der Waals surface area contributed by atoms with Gasteiger partial charge in [0, 0.05) is 23.7 Å². The fourth-order valence-corrected chi connectivity index (χ4v) is 3.89. The summed E-state index contributed by atoms with van der Waals surface area (Å²) in [4.78, 5) is 14.6. The molecule has 116 valence electrons. The average molecular weight is 354 g/mol. The molecule has 0 radical (unpaired) electrons. The molecule has 4 heteroatoms. The molecule has 0 spiro atoms. The zero-order chi connectivity index (χ0) is 15.4. The molecule has 2 atom stereocenters. The van der Waals surface area contributed by atoms with Gasteiger partial charge in [-0.1, -0.05) is 41.4 Å². The molecule has 1 amide bonds. The fourth-order valence-electron chi connectivity index (χ4n) is 3.06. The largest absolute Gasteiger partial charge is 0.375 e. The maximum absolute atomic E-state index is 12.2. The number of hydrogen-bond acceptors (Lipinski definition) is 2. The first-order valence-corrected chi connectivity index (χ1v) is 8.55. The number of nitrogens with zero attached hydrogens (tertiary/aromatic N) is 1. The summed E-state index contributed by atoms with van der Waals surface area (Å²) in [6, 6.07) is 6.71. The van der Waals surface area contributed by atoms with Gasteiger partial charge < -0.3 is 9.64 Å². The molecule has 3 nitrogen and oxygen atoms in total. The highest BCUT2D eigenvalue weighted by atomic mass is 79.9. The Hall–Kier alpha value is -0.870. The van der Waals surface area contributed by atoms with Crippen LogP contribution < -0.4 is 4.90 Å². The van der Waals surface area contributed by atoms with Gasteiger partial charge in [0.1, 0.15) is 6.61 Å². The van der Waals surface area contributed by atoms with Gasteiger partial charge in [-0.25, -0.2) is 0 Å². The van der Waals surface area contributed by atoms with E-state index in [2.05, 4.69) is 48.0 Å². The molecule has 1 heterocycles. The van der Waals surface area contributed by atoms with Crippen molar-refractivity contribution in [2.24, 2.45) is 0 Å². The van der Waals surface area contributed by atoms with Gasteiger partial charge in [-0.15, -0.1) is 0 Å². The molecule has 2 unspecified atom stereocenters. The third-order valence-electron chi connectivity index (χ3n) is 3.96. The average Bonchev–Trinajstić information content (AvgIpc) is 2.74. The topological polar surface area (TPSA) is 29.5 Å². The molecule has 0 aliphatic carbocycles. The minimum absolute atomic E-state index is 0.0425. The molecular formula is C17H24BrNO2. The van der Waals surface area contributed by atoms with Crippen molar-refractivity contribution in [1.82, 2.24) is 0 Å². The van der Waals surface area contributed by atoms with Crippen LogP contribution in [0.1, 0.15) is 37.8 Å². The van der Waals surface area contributed by atoms with Crippen molar-refractivity contribution >= 4 is 27.5 Å². The van der Waals surface area contributed by atoms with Crippen LogP contribution in [0.3, 0.4) is 0 Å². The van der Waals surface area contributed by atoms with Gasteiger partial charge in [-0.3, -0.25) is 4.79 Å². The van der Waals surface area contributed by atoms with Crippen LogP contribution in [0.25, 0.3) is 0 Å². The molecule has 0 saturated heterocycles. The number of carbonyl (C=O) groups excluding carboxylic acids is 1. The predicted octanol–water partition coefficient (Wildman–Crippen LogP) is 3.72. The van der Waals surface area contributed by atoms with E-state index >= 15 is 0 Å². The minimum atomic E-state index is 0.0425. The van der Waals surface area contributed by atoms with Gasteiger partial charge in [0.05, 0.1) is 0 Å². The Bertz CT molecular complexity index is 504. The highest BCUT2D eigenvalue weighted by molar-refractivity contribution is 9.09. The summed E-state index contributed by atoms with van der Waals surface area (Å²) in [6.45, 7) is 4.45. The number of ether oxygens (including phenoxy) is 1. The molecule has 0 saturated carbocycles. The van der Waals surface area contributed by atoms with Crippen LogP contribution in [-0.4, -0.2) is 30.5 Å². The van der Waals surface area contributed by atoms with E-state index in [4.69, 9.17) is 4.74 Å². The van der Waals surface area contributed by atoms with Crippen LogP contribution in [0, 0.1) is 0 Å². The summed E-state index contributed by atoms with van der Waals surface area (Å²) >= 11 is 3.74. The van der Waals surface area contributed by atoms with Gasteiger partial charge in [0.2, 0.25) is 0 Å². The smallest absolute Gasteiger partial charge is 0.253 e. The van der Waals surface area contributed by atoms with Gasteiger partial charge in [-0.2, -0.15) is 0 Å². The zero-order valence-electron chi connectivity index (χ0n) is 13.1. The number of amides is 1. The van der Waals surface area contributed by atoms with E-state index in [0.29, 0.717) is 4.83 Å². The zero-order valence-corrected chi connectivity index (χ0v) is 14.6. The molecule has 2 rings (SSSR count). The maximum atomic E-state index is 12.2. The third-order valence-corrected chi connectivity index (χ3v) is 4.74. The summed E-state index contributed by atoms with van der Waals surface area (Å²) < 4.78 is 4.99. The van der Waals surface area contributed by atoms with Crippen LogP contribution >= 0.6 is 15.9 Å². The molecule has 1 aromatic rings. The highest BCUT2D eigenvalue weighted by Crippen LogP contribution is 2.33. The Balaban J connectivity index is 2.15. The first-order chi connectivity index (χ1) is 10.1. The van der Waals surface area contributed by atoms with Crippen LogP contribution in [0.15, 0.2) is 18.2 Å². The van der Waals surface area contributed by atoms with Gasteiger partial charge in [-0.05, 0) is 43.4 Å². The van der Waals surface area contributed by atoms with Crippen molar-refractivity contribution in [2.45, 2.75) is 50.4 Å². The molecule has 1 aromatic carbocycles. The second-order valence-corrected chi connectivity index (χ2v) is 7.10. The minimum Gasteiger partial charge on any atom is -0.375 e. The summed E-state index contributed by atoms with van der Waals surface area (Å²) in [5, 5.41) is 0. The van der Waals surface area contributed by atoms with Crippen molar-refractivity contribution in [2.75, 3.05) is 18.6 Å². The molecular weight excluding hydrogens is 330 g/mol. The predicted molar refractivity (Wildman–Crippen MR) is 90.3 cm³/mol. The Labute approximate surface area is 135 Å². The van der Waals surface area contributed by atoms with E-state index in [0.717, 1.165) is 18.5 Å². The normalized spacial score (nSPS) is 18.7. The number of fused-ring (bicyclic) bond motifs is 1. The second-order valence-electron chi connectivity index (χ2n) is 5.80. The molecule has 0 bridgehead atoms. The second kappa shape index (κ2) is 7.41. The molecule has 0 aromatic heterocycles. The summed E-state index contributed by atoms with van der Waals surface area (Å²) in [6.07, 6.45) is 4.35. The monoisotopic (exact) mass is 353 g/mol. The van der Waals surface area contributed by atoms with E-state index in [1.165, 1.54) is 24.0 Å². The van der Waals surface area contributed by atoms with Crippen LogP contribution in [0.4, 0.5) is 5.69 Å². The number of carbonyl (C=O) groups is 1. The van der Waals surface area contributed by atoms with Crippen molar-refractivity contribution < 1.29 is 9.53 Å². The summed E-state index contributed by atoms with van der Waals surface area (Å²) in [5.74, 6) is 0.0425. The Kier molecular flexibility index (Phi) is 5.82. The summed E-state index contributed by atoms with van der Waals surface area (Å²) in [5.41, 5.74) is 3.67. The number of alkyl halides is 1. The Morgan fingerprint density at radius 1 is 1.52 bits per heavy atom. The lowest BCUT2D eigenvalue weighted by Crippen LogP contribution is -2.38. The quantitative estimate of drug-likeness (QED) is 0.729. The van der Waals surface area contributed by atoms with E-state index in [1.807, 2.05) is 4.90 Å². The van der Waals surface area contributed by atoms with E-state index in [1.54, 1.807) is 7.11 Å². The van der Waals surface area contributed by atoms with Crippen molar-refractivity contribution in [1.29, 1.82) is 0 Å². The molecule has 1 aliphatic heterocycles.